The number of piperidine rings is 1. The molecule has 1 aliphatic heterocycles. The van der Waals surface area contributed by atoms with Crippen LogP contribution in [0, 0.1) is 11.7 Å². The average molecular weight is 532 g/mol. The van der Waals surface area contributed by atoms with Gasteiger partial charge in [-0.3, -0.25) is 14.5 Å². The Labute approximate surface area is 229 Å². The highest BCUT2D eigenvalue weighted by molar-refractivity contribution is 8.14. The van der Waals surface area contributed by atoms with Crippen LogP contribution in [0.25, 0.3) is 0 Å². The van der Waals surface area contributed by atoms with Gasteiger partial charge in [0.25, 0.3) is 0 Å². The quantitative estimate of drug-likeness (QED) is 0.167. The molecule has 5 heteroatoms. The second-order valence-electron chi connectivity index (χ2n) is 11.3. The predicted molar refractivity (Wildman–Crippen MR) is 154 cm³/mol. The molecule has 1 saturated heterocycles. The molecule has 2 fully saturated rings. The Morgan fingerprint density at radius 2 is 1.38 bits per heavy atom. The van der Waals surface area contributed by atoms with Crippen LogP contribution in [-0.4, -0.2) is 34.1 Å². The Morgan fingerprint density at radius 1 is 0.838 bits per heavy atom. The van der Waals surface area contributed by atoms with Gasteiger partial charge >= 0.3 is 0 Å². The van der Waals surface area contributed by atoms with Crippen molar-refractivity contribution in [2.45, 2.75) is 134 Å². The Hall–Kier alpha value is -1.20. The number of benzene rings is 1. The zero-order valence-corrected chi connectivity index (χ0v) is 24.1. The number of likely N-dealkylation sites (tertiary alicyclic amines) is 1. The summed E-state index contributed by atoms with van der Waals surface area (Å²) in [7, 11) is 0. The van der Waals surface area contributed by atoms with Crippen molar-refractivity contribution in [3.05, 3.63) is 35.6 Å². The summed E-state index contributed by atoms with van der Waals surface area (Å²) in [5.41, 5.74) is 0.518. The van der Waals surface area contributed by atoms with E-state index in [1.807, 2.05) is 6.07 Å². The third kappa shape index (κ3) is 11.2. The zero-order chi connectivity index (χ0) is 26.3. The number of halogens is 1. The summed E-state index contributed by atoms with van der Waals surface area (Å²) < 4.78 is 14.6. The molecule has 0 bridgehead atoms. The molecular weight excluding hydrogens is 481 g/mol. The number of carbonyl (C=O) groups is 2. The van der Waals surface area contributed by atoms with Crippen molar-refractivity contribution in [1.82, 2.24) is 4.90 Å². The van der Waals surface area contributed by atoms with Crippen LogP contribution in [0.1, 0.15) is 134 Å². The van der Waals surface area contributed by atoms with Crippen LogP contribution in [0.2, 0.25) is 0 Å². The highest BCUT2D eigenvalue weighted by Gasteiger charge is 2.40. The first-order valence-electron chi connectivity index (χ1n) is 15.3. The monoisotopic (exact) mass is 531 g/mol. The fraction of sp³-hybridized carbons (Fsp3) is 0.750. The van der Waals surface area contributed by atoms with Gasteiger partial charge in [-0.2, -0.15) is 0 Å². The largest absolute Gasteiger partial charge is 0.297 e. The minimum absolute atomic E-state index is 0.0959. The molecule has 37 heavy (non-hydrogen) atoms. The molecule has 1 aliphatic carbocycles. The number of Topliss-reactive ketones (excluding diaryl/α,β-unsaturated/α-hetero) is 1. The molecule has 0 N–H and O–H groups in total. The topological polar surface area (TPSA) is 37.4 Å². The molecule has 0 radical (unpaired) electrons. The third-order valence-corrected chi connectivity index (χ3v) is 9.35. The molecule has 1 atom stereocenters. The summed E-state index contributed by atoms with van der Waals surface area (Å²) in [6, 6.07) is 6.26. The lowest BCUT2D eigenvalue weighted by Crippen LogP contribution is -2.42. The van der Waals surface area contributed by atoms with E-state index in [9.17, 15) is 14.0 Å². The Bertz CT molecular complexity index is 804. The van der Waals surface area contributed by atoms with Crippen LogP contribution in [0.5, 0.6) is 0 Å². The number of thioether (sulfide) groups is 1. The average Bonchev–Trinajstić information content (AvgIpc) is 3.75. The van der Waals surface area contributed by atoms with E-state index in [4.69, 9.17) is 0 Å². The number of rotatable bonds is 19. The highest BCUT2D eigenvalue weighted by atomic mass is 32.2. The molecule has 0 aromatic heterocycles. The van der Waals surface area contributed by atoms with Crippen molar-refractivity contribution in [2.75, 3.05) is 13.1 Å². The van der Waals surface area contributed by atoms with Crippen LogP contribution in [-0.2, 0) is 9.59 Å². The fourth-order valence-corrected chi connectivity index (χ4v) is 6.68. The summed E-state index contributed by atoms with van der Waals surface area (Å²) in [4.78, 5) is 27.8. The molecule has 0 amide bonds. The maximum absolute atomic E-state index is 14.6. The van der Waals surface area contributed by atoms with Crippen molar-refractivity contribution < 1.29 is 14.0 Å². The normalized spacial score (nSPS) is 17.7. The lowest BCUT2D eigenvalue weighted by molar-refractivity contribution is -0.126. The number of hydrogen-bond acceptors (Lipinski definition) is 4. The molecule has 1 aromatic rings. The van der Waals surface area contributed by atoms with Crippen LogP contribution in [0.3, 0.4) is 0 Å². The lowest BCUT2D eigenvalue weighted by Gasteiger charge is -2.37. The summed E-state index contributed by atoms with van der Waals surface area (Å²) >= 11 is 1.52. The second-order valence-corrected chi connectivity index (χ2v) is 12.7. The summed E-state index contributed by atoms with van der Waals surface area (Å²) in [5.74, 6) is -0.0146. The molecule has 1 aromatic carbocycles. The second kappa shape index (κ2) is 17.4. The predicted octanol–water partition coefficient (Wildman–Crippen LogP) is 9.05. The van der Waals surface area contributed by atoms with Crippen molar-refractivity contribution >= 4 is 22.7 Å². The van der Waals surface area contributed by atoms with Gasteiger partial charge < -0.3 is 0 Å². The van der Waals surface area contributed by atoms with E-state index in [1.54, 1.807) is 12.1 Å². The minimum Gasteiger partial charge on any atom is -0.297 e. The fourth-order valence-electron chi connectivity index (χ4n) is 5.60. The van der Waals surface area contributed by atoms with Crippen LogP contribution < -0.4 is 0 Å². The van der Waals surface area contributed by atoms with Crippen LogP contribution in [0.4, 0.5) is 4.39 Å². The maximum Gasteiger partial charge on any atom is 0.189 e. The number of ketones is 1. The van der Waals surface area contributed by atoms with Crippen molar-refractivity contribution in [3.8, 4) is 0 Å². The van der Waals surface area contributed by atoms with Crippen molar-refractivity contribution in [1.29, 1.82) is 0 Å². The molecule has 3 rings (SSSR count). The molecule has 1 heterocycles. The molecule has 0 spiro atoms. The smallest absolute Gasteiger partial charge is 0.189 e. The van der Waals surface area contributed by atoms with Crippen molar-refractivity contribution in [2.24, 2.45) is 5.92 Å². The van der Waals surface area contributed by atoms with Crippen molar-refractivity contribution in [3.63, 3.8) is 0 Å². The number of nitrogens with zero attached hydrogens (tertiary/aromatic N) is 1. The van der Waals surface area contributed by atoms with E-state index >= 15 is 0 Å². The third-order valence-electron chi connectivity index (χ3n) is 8.07. The Morgan fingerprint density at radius 3 is 1.92 bits per heavy atom. The van der Waals surface area contributed by atoms with E-state index in [0.717, 1.165) is 51.6 Å². The van der Waals surface area contributed by atoms with Gasteiger partial charge in [0, 0.05) is 36.2 Å². The van der Waals surface area contributed by atoms with E-state index in [-0.39, 0.29) is 17.5 Å². The molecular formula is C32H50FNO2S. The van der Waals surface area contributed by atoms with Gasteiger partial charge in [-0.05, 0) is 38.2 Å². The first-order chi connectivity index (χ1) is 18.1. The molecule has 1 unspecified atom stereocenters. The van der Waals surface area contributed by atoms with Crippen LogP contribution >= 0.6 is 11.8 Å². The molecule has 1 saturated carbocycles. The minimum atomic E-state index is -0.471. The van der Waals surface area contributed by atoms with Gasteiger partial charge in [-0.15, -0.1) is 0 Å². The van der Waals surface area contributed by atoms with E-state index < -0.39 is 6.04 Å². The molecule has 208 valence electrons. The number of hydrogen-bond donors (Lipinski definition) is 0. The zero-order valence-electron chi connectivity index (χ0n) is 23.2. The van der Waals surface area contributed by atoms with E-state index in [2.05, 4.69) is 11.8 Å². The van der Waals surface area contributed by atoms with E-state index in [1.165, 1.54) is 88.5 Å². The molecule has 3 nitrogen and oxygen atoms in total. The first-order valence-corrected chi connectivity index (χ1v) is 16.2. The number of carbonyl (C=O) groups excluding carboxylic acids is 2. The van der Waals surface area contributed by atoms with E-state index in [0.29, 0.717) is 22.3 Å². The molecule has 2 aliphatic rings. The van der Waals surface area contributed by atoms with Gasteiger partial charge in [-0.25, -0.2) is 4.39 Å². The standard InChI is InChI=1S/C32H50FNO2S/c1-2-3-4-5-6-7-8-9-10-11-12-13-14-19-30(35)37-27-22-24-34(25-23-27)31(32(36)26-20-21-26)28-17-15-16-18-29(28)33/h15-18,26-27,31H,2-14,19-25H2,1H3. The van der Waals surface area contributed by atoms with Gasteiger partial charge in [0.1, 0.15) is 5.82 Å². The summed E-state index contributed by atoms with van der Waals surface area (Å²) in [5, 5.41) is 0.643. The van der Waals surface area contributed by atoms with Gasteiger partial charge in [0.2, 0.25) is 0 Å². The number of unbranched alkanes of at least 4 members (excludes halogenated alkanes) is 12. The lowest BCUT2D eigenvalue weighted by atomic mass is 9.95. The van der Waals surface area contributed by atoms with Gasteiger partial charge in [0.15, 0.2) is 10.9 Å². The Balaban J connectivity index is 1.25. The van der Waals surface area contributed by atoms with Crippen LogP contribution in [0.15, 0.2) is 24.3 Å². The van der Waals surface area contributed by atoms with Gasteiger partial charge in [0.05, 0.1) is 6.04 Å². The Kier molecular flexibility index (Phi) is 14.3. The SMILES string of the molecule is CCCCCCCCCCCCCCCC(=O)SC1CCN(C(C(=O)C2CC2)c2ccccc2F)CC1. The first kappa shape index (κ1) is 30.3. The maximum atomic E-state index is 14.6. The van der Waals surface area contributed by atoms with Gasteiger partial charge in [-0.1, -0.05) is 114 Å². The summed E-state index contributed by atoms with van der Waals surface area (Å²) in [6.45, 7) is 3.77. The summed E-state index contributed by atoms with van der Waals surface area (Å²) in [6.07, 6.45) is 21.5. The highest BCUT2D eigenvalue weighted by Crippen LogP contribution is 2.39.